The normalized spacial score (nSPS) is 28.9. The van der Waals surface area contributed by atoms with Gasteiger partial charge < -0.3 is 4.90 Å². The fourth-order valence-electron chi connectivity index (χ4n) is 3.81. The fourth-order valence-corrected chi connectivity index (χ4v) is 5.05. The van der Waals surface area contributed by atoms with Crippen LogP contribution >= 0.6 is 23.1 Å². The highest BCUT2D eigenvalue weighted by Crippen LogP contribution is 2.35. The van der Waals surface area contributed by atoms with Crippen molar-refractivity contribution in [3.8, 4) is 0 Å². The number of fused-ring (bicyclic) bond motifs is 4. The van der Waals surface area contributed by atoms with Crippen molar-refractivity contribution in [3.63, 3.8) is 0 Å². The van der Waals surface area contributed by atoms with E-state index in [9.17, 15) is 4.79 Å². The van der Waals surface area contributed by atoms with Crippen LogP contribution in [0.2, 0.25) is 0 Å². The molecular weight excluding hydrogens is 314 g/mol. The summed E-state index contributed by atoms with van der Waals surface area (Å²) in [5, 5.41) is 1.92. The van der Waals surface area contributed by atoms with Gasteiger partial charge in [0.25, 0.3) is 5.91 Å². The molecule has 22 heavy (non-hydrogen) atoms. The summed E-state index contributed by atoms with van der Waals surface area (Å²) in [5.41, 5.74) is 0.643. The summed E-state index contributed by atoms with van der Waals surface area (Å²) in [6.07, 6.45) is 7.37. The number of hydrogen-bond donors (Lipinski definition) is 0. The topological polar surface area (TPSA) is 36.4 Å². The van der Waals surface area contributed by atoms with Crippen molar-refractivity contribution in [2.45, 2.75) is 36.1 Å². The maximum atomic E-state index is 12.8. The van der Waals surface area contributed by atoms with Crippen molar-refractivity contribution < 1.29 is 4.79 Å². The minimum atomic E-state index is 0.140. The molecule has 0 spiro atoms. The molecule has 0 aromatic carbocycles. The Balaban J connectivity index is 1.47. The van der Waals surface area contributed by atoms with Crippen molar-refractivity contribution in [2.24, 2.45) is 11.8 Å². The van der Waals surface area contributed by atoms with Gasteiger partial charge in [-0.1, -0.05) is 11.8 Å². The van der Waals surface area contributed by atoms with Crippen LogP contribution in [0.15, 0.2) is 9.72 Å². The van der Waals surface area contributed by atoms with Crippen LogP contribution in [-0.4, -0.2) is 59.2 Å². The second-order valence-electron chi connectivity index (χ2n) is 6.91. The van der Waals surface area contributed by atoms with Crippen molar-refractivity contribution in [1.82, 2.24) is 14.8 Å². The Labute approximate surface area is 140 Å². The fraction of sp³-hybridized carbons (Fsp3) is 0.750. The smallest absolute Gasteiger partial charge is 0.273 e. The standard InChI is InChI=1S/C16H23N3OS2/c1-21-16-17-14(10-22-16)15(20)19-8-12-4-5-13(9-19)18(7-12)6-11-2-3-11/h10-13H,2-9H2,1H3/t12-,13-/m0/s1. The third kappa shape index (κ3) is 3.05. The average Bonchev–Trinajstić information content (AvgIpc) is 3.28. The van der Waals surface area contributed by atoms with E-state index in [0.29, 0.717) is 17.7 Å². The highest BCUT2D eigenvalue weighted by Gasteiger charge is 2.38. The molecule has 4 fully saturated rings. The van der Waals surface area contributed by atoms with E-state index in [4.69, 9.17) is 0 Å². The van der Waals surface area contributed by atoms with Crippen LogP contribution in [0.25, 0.3) is 0 Å². The first-order chi connectivity index (χ1) is 10.7. The molecule has 0 N–H and O–H groups in total. The zero-order valence-electron chi connectivity index (χ0n) is 13.0. The Morgan fingerprint density at radius 3 is 2.91 bits per heavy atom. The van der Waals surface area contributed by atoms with Gasteiger partial charge in [0.2, 0.25) is 0 Å². The van der Waals surface area contributed by atoms with Crippen LogP contribution in [0.1, 0.15) is 36.2 Å². The Morgan fingerprint density at radius 2 is 2.18 bits per heavy atom. The van der Waals surface area contributed by atoms with E-state index in [1.807, 2.05) is 11.6 Å². The quantitative estimate of drug-likeness (QED) is 0.792. The molecule has 2 atom stereocenters. The van der Waals surface area contributed by atoms with E-state index in [1.165, 1.54) is 38.8 Å². The van der Waals surface area contributed by atoms with Gasteiger partial charge in [-0.25, -0.2) is 4.98 Å². The third-order valence-electron chi connectivity index (χ3n) is 5.18. The summed E-state index contributed by atoms with van der Waals surface area (Å²) < 4.78 is 0.983. The van der Waals surface area contributed by atoms with E-state index < -0.39 is 0 Å². The third-order valence-corrected chi connectivity index (χ3v) is 7.04. The number of piperidine rings is 1. The van der Waals surface area contributed by atoms with Crippen LogP contribution in [0.4, 0.5) is 0 Å². The van der Waals surface area contributed by atoms with E-state index in [0.717, 1.165) is 23.3 Å². The summed E-state index contributed by atoms with van der Waals surface area (Å²) in [6, 6.07) is 0.571. The second kappa shape index (κ2) is 6.13. The van der Waals surface area contributed by atoms with Gasteiger partial charge in [0, 0.05) is 37.6 Å². The molecule has 2 bridgehead atoms. The molecule has 0 radical (unpaired) electrons. The Bertz CT molecular complexity index is 557. The number of hydrogen-bond acceptors (Lipinski definition) is 5. The van der Waals surface area contributed by atoms with Crippen LogP contribution < -0.4 is 0 Å². The van der Waals surface area contributed by atoms with Gasteiger partial charge in [0.05, 0.1) is 0 Å². The molecule has 1 aromatic heterocycles. The molecule has 0 unspecified atom stereocenters. The molecule has 4 aliphatic rings. The molecular formula is C16H23N3OS2. The van der Waals surface area contributed by atoms with Gasteiger partial charge >= 0.3 is 0 Å². The first-order valence-corrected chi connectivity index (χ1v) is 10.4. The number of rotatable bonds is 4. The molecule has 6 heteroatoms. The number of carbonyl (C=O) groups excluding carboxylic acids is 1. The monoisotopic (exact) mass is 337 g/mol. The first-order valence-electron chi connectivity index (χ1n) is 8.25. The summed E-state index contributed by atoms with van der Waals surface area (Å²) >= 11 is 3.19. The minimum Gasteiger partial charge on any atom is -0.335 e. The summed E-state index contributed by atoms with van der Waals surface area (Å²) in [4.78, 5) is 22.0. The van der Waals surface area contributed by atoms with Crippen molar-refractivity contribution >= 4 is 29.0 Å². The zero-order chi connectivity index (χ0) is 15.1. The van der Waals surface area contributed by atoms with Gasteiger partial charge in [0.15, 0.2) is 0 Å². The van der Waals surface area contributed by atoms with Gasteiger partial charge in [0.1, 0.15) is 10.0 Å². The predicted molar refractivity (Wildman–Crippen MR) is 90.6 cm³/mol. The summed E-state index contributed by atoms with van der Waals surface area (Å²) in [7, 11) is 0. The van der Waals surface area contributed by atoms with Gasteiger partial charge in [-0.15, -0.1) is 11.3 Å². The van der Waals surface area contributed by atoms with E-state index in [-0.39, 0.29) is 5.91 Å². The summed E-state index contributed by atoms with van der Waals surface area (Å²) in [5.74, 6) is 1.73. The minimum absolute atomic E-state index is 0.140. The molecule has 4 heterocycles. The molecule has 1 amide bonds. The molecule has 4 nitrogen and oxygen atoms in total. The van der Waals surface area contributed by atoms with E-state index >= 15 is 0 Å². The largest absolute Gasteiger partial charge is 0.335 e. The molecule has 1 aliphatic carbocycles. The van der Waals surface area contributed by atoms with E-state index in [2.05, 4.69) is 14.8 Å². The van der Waals surface area contributed by atoms with Crippen LogP contribution in [0.5, 0.6) is 0 Å². The number of nitrogens with zero attached hydrogens (tertiary/aromatic N) is 3. The molecule has 5 rings (SSSR count). The lowest BCUT2D eigenvalue weighted by molar-refractivity contribution is 0.0731. The second-order valence-corrected chi connectivity index (χ2v) is 8.82. The van der Waals surface area contributed by atoms with Crippen LogP contribution in [0, 0.1) is 11.8 Å². The summed E-state index contributed by atoms with van der Waals surface area (Å²) in [6.45, 7) is 4.27. The van der Waals surface area contributed by atoms with Crippen LogP contribution in [-0.2, 0) is 0 Å². The van der Waals surface area contributed by atoms with Crippen molar-refractivity contribution in [3.05, 3.63) is 11.1 Å². The number of carbonyl (C=O) groups is 1. The van der Waals surface area contributed by atoms with Crippen molar-refractivity contribution in [2.75, 3.05) is 32.4 Å². The highest BCUT2D eigenvalue weighted by molar-refractivity contribution is 8.00. The SMILES string of the molecule is CSc1nc(C(=O)N2C[C@H]3CC[C@@H](C2)N(CC2CC2)C3)cs1. The van der Waals surface area contributed by atoms with E-state index in [1.54, 1.807) is 23.1 Å². The molecule has 120 valence electrons. The number of thiazole rings is 1. The molecule has 1 aromatic rings. The molecule has 1 saturated carbocycles. The first kappa shape index (κ1) is 15.0. The Morgan fingerprint density at radius 1 is 1.32 bits per heavy atom. The van der Waals surface area contributed by atoms with Gasteiger partial charge in [-0.3, -0.25) is 9.69 Å². The maximum absolute atomic E-state index is 12.8. The van der Waals surface area contributed by atoms with Gasteiger partial charge in [-0.05, 0) is 43.8 Å². The predicted octanol–water partition coefficient (Wildman–Crippen LogP) is 2.81. The molecule has 3 saturated heterocycles. The number of aromatic nitrogens is 1. The lowest BCUT2D eigenvalue weighted by Gasteiger charge is -2.36. The van der Waals surface area contributed by atoms with Crippen molar-refractivity contribution in [1.29, 1.82) is 0 Å². The highest BCUT2D eigenvalue weighted by atomic mass is 32.2. The van der Waals surface area contributed by atoms with Gasteiger partial charge in [-0.2, -0.15) is 0 Å². The zero-order valence-corrected chi connectivity index (χ0v) is 14.7. The molecule has 3 aliphatic heterocycles. The number of amides is 1. The maximum Gasteiger partial charge on any atom is 0.273 e. The number of thioether (sulfide) groups is 1. The van der Waals surface area contributed by atoms with Crippen LogP contribution in [0.3, 0.4) is 0 Å². The lowest BCUT2D eigenvalue weighted by Crippen LogP contribution is -2.45. The Kier molecular flexibility index (Phi) is 4.17. The lowest BCUT2D eigenvalue weighted by atomic mass is 9.95. The Hall–Kier alpha value is -0.590. The average molecular weight is 338 g/mol.